The molecule has 0 aromatic rings. The molecule has 0 radical (unpaired) electrons. The van der Waals surface area contributed by atoms with E-state index in [0.29, 0.717) is 0 Å². The Morgan fingerprint density at radius 2 is 1.90 bits per heavy atom. The van der Waals surface area contributed by atoms with Gasteiger partial charge in [0, 0.05) is 20.6 Å². The van der Waals surface area contributed by atoms with E-state index in [1.54, 1.807) is 19.9 Å². The van der Waals surface area contributed by atoms with Crippen molar-refractivity contribution in [3.63, 3.8) is 0 Å². The molecular formula is C15H22O6. The van der Waals surface area contributed by atoms with Gasteiger partial charge in [0.2, 0.25) is 11.6 Å². The maximum absolute atomic E-state index is 12.1. The molecule has 21 heavy (non-hydrogen) atoms. The normalized spacial score (nSPS) is 46.2. The van der Waals surface area contributed by atoms with Gasteiger partial charge in [0.25, 0.3) is 0 Å². The number of methoxy groups -OCH3 is 2. The van der Waals surface area contributed by atoms with E-state index >= 15 is 0 Å². The first-order valence-corrected chi connectivity index (χ1v) is 6.78. The second-order valence-electron chi connectivity index (χ2n) is 5.56. The first kappa shape index (κ1) is 16.3. The molecule has 1 heterocycles. The van der Waals surface area contributed by atoms with Crippen LogP contribution in [0.25, 0.3) is 0 Å². The second kappa shape index (κ2) is 5.30. The van der Waals surface area contributed by atoms with Crippen LogP contribution in [0, 0.1) is 0 Å². The van der Waals surface area contributed by atoms with Crippen molar-refractivity contribution in [2.75, 3.05) is 14.2 Å². The molecule has 1 N–H and O–H groups in total. The molecule has 2 aliphatic rings. The van der Waals surface area contributed by atoms with Crippen molar-refractivity contribution in [3.05, 3.63) is 24.8 Å². The van der Waals surface area contributed by atoms with Crippen LogP contribution >= 0.6 is 0 Å². The lowest BCUT2D eigenvalue weighted by atomic mass is 9.79. The highest BCUT2D eigenvalue weighted by Gasteiger charge is 2.62. The minimum atomic E-state index is -1.73. The van der Waals surface area contributed by atoms with Crippen LogP contribution in [0.5, 0.6) is 0 Å². The lowest BCUT2D eigenvalue weighted by Gasteiger charge is -2.55. The van der Waals surface area contributed by atoms with Gasteiger partial charge in [-0.2, -0.15) is 0 Å². The van der Waals surface area contributed by atoms with E-state index in [-0.39, 0.29) is 6.42 Å². The fourth-order valence-corrected chi connectivity index (χ4v) is 2.72. The van der Waals surface area contributed by atoms with Crippen molar-refractivity contribution in [3.8, 4) is 0 Å². The van der Waals surface area contributed by atoms with Crippen LogP contribution in [-0.2, 0) is 23.7 Å². The van der Waals surface area contributed by atoms with Crippen LogP contribution in [-0.4, -0.2) is 54.5 Å². The third-order valence-electron chi connectivity index (χ3n) is 4.41. The largest absolute Gasteiger partial charge is 0.378 e. The minimum Gasteiger partial charge on any atom is -0.378 e. The number of carbonyl (C=O) groups is 1. The molecule has 118 valence electrons. The summed E-state index contributed by atoms with van der Waals surface area (Å²) in [5, 5.41) is 10.7. The van der Waals surface area contributed by atoms with Gasteiger partial charge < -0.3 is 24.1 Å². The van der Waals surface area contributed by atoms with E-state index in [1.165, 1.54) is 26.4 Å². The van der Waals surface area contributed by atoms with Gasteiger partial charge in [-0.25, -0.2) is 0 Å². The van der Waals surface area contributed by atoms with Crippen molar-refractivity contribution < 1.29 is 28.8 Å². The number of ether oxygens (including phenoxy) is 4. The molecule has 0 amide bonds. The van der Waals surface area contributed by atoms with Gasteiger partial charge in [-0.15, -0.1) is 6.58 Å². The average Bonchev–Trinajstić information content (AvgIpc) is 2.46. The molecule has 2 rings (SSSR count). The summed E-state index contributed by atoms with van der Waals surface area (Å²) in [6.45, 7) is 6.91. The molecular weight excluding hydrogens is 276 g/mol. The highest BCUT2D eigenvalue weighted by molar-refractivity contribution is 5.98. The first-order chi connectivity index (χ1) is 9.76. The quantitative estimate of drug-likeness (QED) is 0.779. The number of hydrogen-bond donors (Lipinski definition) is 1. The van der Waals surface area contributed by atoms with Gasteiger partial charge >= 0.3 is 0 Å². The smallest absolute Gasteiger partial charge is 0.220 e. The fourth-order valence-electron chi connectivity index (χ4n) is 2.72. The maximum Gasteiger partial charge on any atom is 0.220 e. The van der Waals surface area contributed by atoms with Gasteiger partial charge in [-0.3, -0.25) is 4.79 Å². The Kier molecular flexibility index (Phi) is 4.12. The lowest BCUT2D eigenvalue weighted by molar-refractivity contribution is -0.452. The van der Waals surface area contributed by atoms with Crippen molar-refractivity contribution >= 4 is 5.78 Å². The summed E-state index contributed by atoms with van der Waals surface area (Å²) in [5.74, 6) is -2.89. The van der Waals surface area contributed by atoms with Crippen molar-refractivity contribution in [2.45, 2.75) is 49.7 Å². The molecule has 1 aliphatic heterocycles. The van der Waals surface area contributed by atoms with E-state index in [9.17, 15) is 9.90 Å². The zero-order valence-corrected chi connectivity index (χ0v) is 12.8. The Balaban J connectivity index is 2.44. The van der Waals surface area contributed by atoms with E-state index in [0.717, 1.165) is 0 Å². The van der Waals surface area contributed by atoms with Crippen LogP contribution in [0.2, 0.25) is 0 Å². The highest BCUT2D eigenvalue weighted by Crippen LogP contribution is 2.44. The molecule has 1 saturated heterocycles. The molecule has 0 spiro atoms. The molecule has 0 unspecified atom stereocenters. The van der Waals surface area contributed by atoms with E-state index in [4.69, 9.17) is 18.9 Å². The van der Waals surface area contributed by atoms with Crippen LogP contribution in [0.4, 0.5) is 0 Å². The Morgan fingerprint density at radius 1 is 1.33 bits per heavy atom. The Morgan fingerprint density at radius 3 is 2.43 bits per heavy atom. The Bertz CT molecular complexity index is 475. The first-order valence-electron chi connectivity index (χ1n) is 6.78. The van der Waals surface area contributed by atoms with Crippen LogP contribution < -0.4 is 0 Å². The van der Waals surface area contributed by atoms with Crippen LogP contribution in [0.3, 0.4) is 0 Å². The summed E-state index contributed by atoms with van der Waals surface area (Å²) in [7, 11) is 2.93. The van der Waals surface area contributed by atoms with Crippen molar-refractivity contribution in [2.24, 2.45) is 0 Å². The zero-order chi connectivity index (χ0) is 15.9. The minimum absolute atomic E-state index is 0.0597. The maximum atomic E-state index is 12.1. The summed E-state index contributed by atoms with van der Waals surface area (Å²) in [6, 6.07) is 0. The van der Waals surface area contributed by atoms with Crippen molar-refractivity contribution in [1.82, 2.24) is 0 Å². The SMILES string of the molecule is C=CC[C@@]1(O)C(=O)C=C[C@H]2O[C@](C)(OC)[C@@](C)(OC)O[C@@H]21. The molecule has 0 aromatic heterocycles. The monoisotopic (exact) mass is 298 g/mol. The van der Waals surface area contributed by atoms with Crippen LogP contribution in [0.1, 0.15) is 20.3 Å². The molecule has 1 aliphatic carbocycles. The molecule has 0 aromatic carbocycles. The Labute approximate surface area is 124 Å². The van der Waals surface area contributed by atoms with E-state index < -0.39 is 35.2 Å². The average molecular weight is 298 g/mol. The van der Waals surface area contributed by atoms with E-state index in [2.05, 4.69) is 6.58 Å². The molecule has 0 bridgehead atoms. The van der Waals surface area contributed by atoms with Crippen LogP contribution in [0.15, 0.2) is 24.8 Å². The molecule has 5 atom stereocenters. The fraction of sp³-hybridized carbons (Fsp3) is 0.667. The number of carbonyl (C=O) groups excluding carboxylic acids is 1. The summed E-state index contributed by atoms with van der Waals surface area (Å²) in [5.41, 5.74) is -1.73. The summed E-state index contributed by atoms with van der Waals surface area (Å²) < 4.78 is 22.6. The number of hydrogen-bond acceptors (Lipinski definition) is 6. The predicted molar refractivity (Wildman–Crippen MR) is 74.5 cm³/mol. The zero-order valence-electron chi connectivity index (χ0n) is 12.8. The standard InChI is InChI=1S/C15H22O6/c1-6-9-15(17)11(16)8-7-10-12(15)21-14(3,19-5)13(2,18-4)20-10/h6-8,10,12,17H,1,9H2,2-5H3/t10-,12+,13+,14+,15-/m1/s1. The highest BCUT2D eigenvalue weighted by atomic mass is 16.8. The van der Waals surface area contributed by atoms with Gasteiger partial charge in [0.15, 0.2) is 11.4 Å². The summed E-state index contributed by atoms with van der Waals surface area (Å²) in [4.78, 5) is 12.1. The third-order valence-corrected chi connectivity index (χ3v) is 4.41. The third kappa shape index (κ3) is 2.27. The van der Waals surface area contributed by atoms with E-state index in [1.807, 2.05) is 0 Å². The van der Waals surface area contributed by atoms with Gasteiger partial charge in [-0.1, -0.05) is 6.08 Å². The van der Waals surface area contributed by atoms with Gasteiger partial charge in [0.05, 0.1) is 0 Å². The number of rotatable bonds is 4. The lowest BCUT2D eigenvalue weighted by Crippen LogP contribution is -2.71. The summed E-state index contributed by atoms with van der Waals surface area (Å²) in [6.07, 6.45) is 2.88. The molecule has 0 saturated carbocycles. The molecule has 1 fully saturated rings. The Hall–Kier alpha value is -1.05. The summed E-state index contributed by atoms with van der Waals surface area (Å²) >= 11 is 0. The second-order valence-corrected chi connectivity index (χ2v) is 5.56. The number of ketones is 1. The van der Waals surface area contributed by atoms with Gasteiger partial charge in [0.1, 0.15) is 12.2 Å². The number of aliphatic hydroxyl groups is 1. The predicted octanol–water partition coefficient (Wildman–Crippen LogP) is 0.942. The van der Waals surface area contributed by atoms with Gasteiger partial charge in [-0.05, 0) is 26.0 Å². The number of fused-ring (bicyclic) bond motifs is 1. The topological polar surface area (TPSA) is 74.2 Å². The molecule has 6 heteroatoms. The van der Waals surface area contributed by atoms with Crippen molar-refractivity contribution in [1.29, 1.82) is 0 Å². The molecule has 6 nitrogen and oxygen atoms in total.